The number of likely N-dealkylation sites (tertiary alicyclic amines) is 1. The Morgan fingerprint density at radius 2 is 1.73 bits per heavy atom. The maximum Gasteiger partial charge on any atom is 0.288 e. The topological polar surface area (TPSA) is 51.1 Å². The highest BCUT2D eigenvalue weighted by atomic mass is 16.5. The molecule has 2 aromatic carbocycles. The number of rotatable bonds is 2. The summed E-state index contributed by atoms with van der Waals surface area (Å²) in [6, 6.07) is 17.2. The summed E-state index contributed by atoms with van der Waals surface area (Å²) in [4.78, 5) is 18.9. The molecule has 2 heterocycles. The van der Waals surface area contributed by atoms with E-state index in [2.05, 4.69) is 40.2 Å². The molecule has 0 amide bonds. The Kier molecular flexibility index (Phi) is 4.86. The minimum atomic E-state index is -0.949. The number of hydrogen-bond donors (Lipinski definition) is 0. The van der Waals surface area contributed by atoms with Gasteiger partial charge in [0.2, 0.25) is 0 Å². The summed E-state index contributed by atoms with van der Waals surface area (Å²) < 4.78 is 12.7. The van der Waals surface area contributed by atoms with E-state index in [-0.39, 0.29) is 5.60 Å². The predicted octanol–water partition coefficient (Wildman–Crippen LogP) is 3.94. The van der Waals surface area contributed by atoms with Gasteiger partial charge in [-0.15, -0.1) is 0 Å². The second kappa shape index (κ2) is 7.55. The quantitative estimate of drug-likeness (QED) is 0.432. The van der Waals surface area contributed by atoms with Crippen molar-refractivity contribution in [1.29, 1.82) is 0 Å². The molecule has 0 N–H and O–H groups in total. The van der Waals surface area contributed by atoms with Crippen LogP contribution in [0.2, 0.25) is 0 Å². The molecule has 5 nitrogen and oxygen atoms in total. The van der Waals surface area contributed by atoms with Crippen LogP contribution in [0, 0.1) is 0 Å². The molecule has 5 rings (SSSR count). The molecule has 0 saturated carbocycles. The number of ether oxygens (including phenoxy) is 2. The van der Waals surface area contributed by atoms with Crippen LogP contribution in [0.3, 0.4) is 0 Å². The molecule has 2 aliphatic heterocycles. The van der Waals surface area contributed by atoms with Gasteiger partial charge in [-0.2, -0.15) is 0 Å². The summed E-state index contributed by atoms with van der Waals surface area (Å²) in [5, 5.41) is 0. The molecule has 0 radical (unpaired) electrons. The number of fused-ring (bicyclic) bond motifs is 3. The van der Waals surface area contributed by atoms with E-state index >= 15 is 0 Å². The van der Waals surface area contributed by atoms with E-state index in [9.17, 15) is 4.79 Å². The highest BCUT2D eigenvalue weighted by molar-refractivity contribution is 5.79. The zero-order valence-corrected chi connectivity index (χ0v) is 17.5. The molecule has 5 heteroatoms. The lowest BCUT2D eigenvalue weighted by atomic mass is 9.80. The largest absolute Gasteiger partial charge is 0.446 e. The first-order valence-corrected chi connectivity index (χ1v) is 10.9. The van der Waals surface area contributed by atoms with Crippen molar-refractivity contribution in [3.8, 4) is 0 Å². The lowest BCUT2D eigenvalue weighted by Gasteiger charge is -2.42. The molecule has 2 aromatic rings. The standard InChI is InChI=1S/C25H28N2O3/c1-26-23(30-25(18-28)12-6-9-19-7-2-4-10-21(19)25)27-15-13-24(14-16-27)22-11-5-3-8-20(22)17-29-24/h2-5,7-8,10-11,18H,6,9,12-17H2,1H3/b26-23-. The number of aryl methyl sites for hydroxylation is 1. The van der Waals surface area contributed by atoms with Crippen molar-refractivity contribution in [1.82, 2.24) is 4.90 Å². The lowest BCUT2D eigenvalue weighted by Crippen LogP contribution is -2.49. The summed E-state index contributed by atoms with van der Waals surface area (Å²) >= 11 is 0. The van der Waals surface area contributed by atoms with Crippen LogP contribution in [0.25, 0.3) is 0 Å². The molecule has 1 unspecified atom stereocenters. The van der Waals surface area contributed by atoms with Gasteiger partial charge in [0.15, 0.2) is 11.9 Å². The van der Waals surface area contributed by atoms with E-state index in [4.69, 9.17) is 9.47 Å². The average Bonchev–Trinajstić information content (AvgIpc) is 3.16. The van der Waals surface area contributed by atoms with E-state index in [1.165, 1.54) is 16.7 Å². The smallest absolute Gasteiger partial charge is 0.288 e. The van der Waals surface area contributed by atoms with Crippen molar-refractivity contribution in [2.24, 2.45) is 4.99 Å². The van der Waals surface area contributed by atoms with E-state index in [1.54, 1.807) is 7.05 Å². The number of carbonyl (C=O) groups excluding carboxylic acids is 1. The van der Waals surface area contributed by atoms with Crippen molar-refractivity contribution in [2.75, 3.05) is 20.1 Å². The fourth-order valence-electron chi connectivity index (χ4n) is 5.35. The van der Waals surface area contributed by atoms with E-state index < -0.39 is 5.60 Å². The van der Waals surface area contributed by atoms with E-state index in [0.29, 0.717) is 19.0 Å². The number of aliphatic imine (C=N–C) groups is 1. The van der Waals surface area contributed by atoms with Crippen molar-refractivity contribution >= 4 is 12.3 Å². The van der Waals surface area contributed by atoms with Gasteiger partial charge in [-0.05, 0) is 48.8 Å². The molecular weight excluding hydrogens is 376 g/mol. The van der Waals surface area contributed by atoms with Gasteiger partial charge in [-0.25, -0.2) is 4.99 Å². The molecule has 1 atom stereocenters. The van der Waals surface area contributed by atoms with Gasteiger partial charge >= 0.3 is 0 Å². The summed E-state index contributed by atoms with van der Waals surface area (Å²) in [6.45, 7) is 2.27. The Labute approximate surface area is 177 Å². The third-order valence-corrected chi connectivity index (χ3v) is 6.98. The number of nitrogens with zero attached hydrogens (tertiary/aromatic N) is 2. The molecule has 1 aliphatic carbocycles. The van der Waals surface area contributed by atoms with Gasteiger partial charge in [0, 0.05) is 25.7 Å². The SMILES string of the molecule is C/N=C(\OC1(C=O)CCCc2ccccc21)N1CCC2(CC1)OCc1ccccc12. The monoisotopic (exact) mass is 404 g/mol. The normalized spacial score (nSPS) is 25.0. The fourth-order valence-corrected chi connectivity index (χ4v) is 5.35. The zero-order chi connectivity index (χ0) is 20.6. The molecule has 3 aliphatic rings. The third-order valence-electron chi connectivity index (χ3n) is 6.98. The first-order chi connectivity index (χ1) is 14.7. The van der Waals surface area contributed by atoms with Crippen molar-refractivity contribution in [3.63, 3.8) is 0 Å². The maximum absolute atomic E-state index is 12.3. The van der Waals surface area contributed by atoms with Crippen LogP contribution in [0.4, 0.5) is 0 Å². The van der Waals surface area contributed by atoms with Crippen LogP contribution in [0.5, 0.6) is 0 Å². The summed E-state index contributed by atoms with van der Waals surface area (Å²) in [6.07, 6.45) is 5.34. The number of aldehydes is 1. The van der Waals surface area contributed by atoms with Gasteiger partial charge in [-0.3, -0.25) is 4.79 Å². The number of hydrogen-bond acceptors (Lipinski definition) is 4. The third kappa shape index (κ3) is 3.03. The van der Waals surface area contributed by atoms with Crippen LogP contribution >= 0.6 is 0 Å². The molecule has 30 heavy (non-hydrogen) atoms. The summed E-state index contributed by atoms with van der Waals surface area (Å²) in [7, 11) is 1.74. The summed E-state index contributed by atoms with van der Waals surface area (Å²) in [5.41, 5.74) is 3.64. The average molecular weight is 405 g/mol. The van der Waals surface area contributed by atoms with Crippen LogP contribution in [0.1, 0.15) is 47.9 Å². The Morgan fingerprint density at radius 1 is 1.03 bits per heavy atom. The Bertz CT molecular complexity index is 978. The zero-order valence-electron chi connectivity index (χ0n) is 17.5. The van der Waals surface area contributed by atoms with Crippen molar-refractivity contribution in [3.05, 3.63) is 70.8 Å². The highest BCUT2D eigenvalue weighted by Gasteiger charge is 2.45. The maximum atomic E-state index is 12.3. The molecule has 156 valence electrons. The number of benzene rings is 2. The van der Waals surface area contributed by atoms with Gasteiger partial charge in [0.05, 0.1) is 12.2 Å². The minimum Gasteiger partial charge on any atom is -0.446 e. The second-order valence-electron chi connectivity index (χ2n) is 8.55. The van der Waals surface area contributed by atoms with Gasteiger partial charge < -0.3 is 14.4 Å². The number of amidine groups is 1. The van der Waals surface area contributed by atoms with Gasteiger partial charge in [-0.1, -0.05) is 48.5 Å². The molecule has 1 fully saturated rings. The lowest BCUT2D eigenvalue weighted by molar-refractivity contribution is -0.126. The van der Waals surface area contributed by atoms with Gasteiger partial charge in [0.25, 0.3) is 6.02 Å². The number of piperidine rings is 1. The van der Waals surface area contributed by atoms with Crippen LogP contribution < -0.4 is 0 Å². The van der Waals surface area contributed by atoms with Gasteiger partial charge in [0.1, 0.15) is 0 Å². The van der Waals surface area contributed by atoms with E-state index in [1.807, 2.05) is 18.2 Å². The first-order valence-electron chi connectivity index (χ1n) is 10.9. The molecule has 1 saturated heterocycles. The summed E-state index contributed by atoms with van der Waals surface area (Å²) in [5.74, 6) is 0. The first kappa shape index (κ1) is 19.3. The van der Waals surface area contributed by atoms with E-state index in [0.717, 1.165) is 50.6 Å². The molecule has 0 aromatic heterocycles. The Hall–Kier alpha value is -2.66. The Morgan fingerprint density at radius 3 is 2.47 bits per heavy atom. The minimum absolute atomic E-state index is 0.203. The van der Waals surface area contributed by atoms with Crippen LogP contribution in [-0.2, 0) is 38.5 Å². The second-order valence-corrected chi connectivity index (χ2v) is 8.55. The van der Waals surface area contributed by atoms with Crippen molar-refractivity contribution < 1.29 is 14.3 Å². The molecular formula is C25H28N2O3. The predicted molar refractivity (Wildman–Crippen MR) is 115 cm³/mol. The van der Waals surface area contributed by atoms with Crippen molar-refractivity contribution in [2.45, 2.75) is 49.9 Å². The highest BCUT2D eigenvalue weighted by Crippen LogP contribution is 2.44. The molecule has 1 spiro atoms. The fraction of sp³-hybridized carbons (Fsp3) is 0.440. The van der Waals surface area contributed by atoms with Crippen LogP contribution in [-0.4, -0.2) is 37.3 Å². The molecule has 0 bridgehead atoms. The number of carbonyl (C=O) groups is 1. The Balaban J connectivity index is 1.35. The van der Waals surface area contributed by atoms with Crippen LogP contribution in [0.15, 0.2) is 53.5 Å².